The molecule has 0 aromatic carbocycles. The van der Waals surface area contributed by atoms with Crippen LogP contribution in [0.1, 0.15) is 41.0 Å². The highest BCUT2D eigenvalue weighted by Gasteiger charge is 2.26. The number of hydrogen-bond donors (Lipinski definition) is 2. The van der Waals surface area contributed by atoms with Crippen LogP contribution in [-0.2, 0) is 19.4 Å². The summed E-state index contributed by atoms with van der Waals surface area (Å²) in [7, 11) is -3.37. The SMILES string of the molecule is CC(C)C[C@H](NC(=O)OC(C)(C)C)C(=O)N=S(N)(=O)c1ccc(Br)s1. The number of nitrogens with two attached hydrogens (primary N) is 1. The fraction of sp³-hybridized carbons (Fsp3) is 0.600. The molecular formula is C15H24BrN3O4S2. The Morgan fingerprint density at radius 1 is 1.40 bits per heavy atom. The lowest BCUT2D eigenvalue weighted by molar-refractivity contribution is -0.120. The van der Waals surface area contributed by atoms with Crippen molar-refractivity contribution in [2.75, 3.05) is 0 Å². The molecule has 2 amide bonds. The van der Waals surface area contributed by atoms with Gasteiger partial charge in [0.05, 0.1) is 3.79 Å². The Bertz CT molecular complexity index is 746. The smallest absolute Gasteiger partial charge is 0.408 e. The molecule has 7 nitrogen and oxygen atoms in total. The second-order valence-corrected chi connectivity index (χ2v) is 11.4. The van der Waals surface area contributed by atoms with E-state index in [-0.39, 0.29) is 10.1 Å². The van der Waals surface area contributed by atoms with Gasteiger partial charge in [-0.1, -0.05) is 13.8 Å². The predicted molar refractivity (Wildman–Crippen MR) is 103 cm³/mol. The molecule has 1 aromatic rings. The largest absolute Gasteiger partial charge is 0.444 e. The first-order valence-corrected chi connectivity index (χ1v) is 10.8. The van der Waals surface area contributed by atoms with Gasteiger partial charge in [-0.3, -0.25) is 4.79 Å². The molecule has 0 spiro atoms. The summed E-state index contributed by atoms with van der Waals surface area (Å²) in [5.41, 5.74) is -0.697. The molecule has 0 fully saturated rings. The molecular weight excluding hydrogens is 430 g/mol. The molecule has 0 radical (unpaired) electrons. The number of amides is 2. The van der Waals surface area contributed by atoms with Gasteiger partial charge in [-0.2, -0.15) is 0 Å². The van der Waals surface area contributed by atoms with Crippen molar-refractivity contribution < 1.29 is 18.5 Å². The lowest BCUT2D eigenvalue weighted by Crippen LogP contribution is -2.44. The van der Waals surface area contributed by atoms with Gasteiger partial charge in [-0.05, 0) is 61.2 Å². The molecule has 1 unspecified atom stereocenters. The van der Waals surface area contributed by atoms with Crippen molar-refractivity contribution >= 4 is 49.2 Å². The molecule has 25 heavy (non-hydrogen) atoms. The van der Waals surface area contributed by atoms with Crippen LogP contribution in [0.15, 0.2) is 24.5 Å². The molecule has 10 heteroatoms. The van der Waals surface area contributed by atoms with Crippen LogP contribution >= 0.6 is 27.3 Å². The number of alkyl carbamates (subject to hydrolysis) is 1. The van der Waals surface area contributed by atoms with E-state index in [0.717, 1.165) is 15.1 Å². The number of halogens is 1. The first-order chi connectivity index (χ1) is 11.3. The van der Waals surface area contributed by atoms with Gasteiger partial charge in [0.1, 0.15) is 15.9 Å². The summed E-state index contributed by atoms with van der Waals surface area (Å²) in [6, 6.07) is 2.27. The zero-order valence-corrected chi connectivity index (χ0v) is 18.1. The highest BCUT2D eigenvalue weighted by atomic mass is 79.9. The summed E-state index contributed by atoms with van der Waals surface area (Å²) in [5, 5.41) is 8.23. The van der Waals surface area contributed by atoms with Gasteiger partial charge in [0, 0.05) is 0 Å². The molecule has 0 saturated heterocycles. The molecule has 1 aromatic heterocycles. The van der Waals surface area contributed by atoms with Crippen LogP contribution in [-0.4, -0.2) is 27.9 Å². The number of nitrogens with one attached hydrogen (secondary N) is 1. The molecule has 0 bridgehead atoms. The van der Waals surface area contributed by atoms with Crippen LogP contribution in [0.4, 0.5) is 4.79 Å². The normalized spacial score (nSPS) is 15.4. The summed E-state index contributed by atoms with van der Waals surface area (Å²) in [4.78, 5) is 24.4. The van der Waals surface area contributed by atoms with Gasteiger partial charge in [0.2, 0.25) is 0 Å². The topological polar surface area (TPSA) is 111 Å². The van der Waals surface area contributed by atoms with Gasteiger partial charge in [0.25, 0.3) is 5.91 Å². The number of ether oxygens (including phenoxy) is 1. The molecule has 1 heterocycles. The molecule has 1 rings (SSSR count). The first kappa shape index (κ1) is 22.1. The Labute approximate surface area is 161 Å². The fourth-order valence-electron chi connectivity index (χ4n) is 1.84. The summed E-state index contributed by atoms with van der Waals surface area (Å²) in [5.74, 6) is -0.639. The number of rotatable bonds is 5. The maximum Gasteiger partial charge on any atom is 0.408 e. The van der Waals surface area contributed by atoms with E-state index in [2.05, 4.69) is 25.6 Å². The minimum Gasteiger partial charge on any atom is -0.444 e. The lowest BCUT2D eigenvalue weighted by atomic mass is 10.0. The van der Waals surface area contributed by atoms with Crippen molar-refractivity contribution in [2.45, 2.75) is 56.9 Å². The average molecular weight is 454 g/mol. The van der Waals surface area contributed by atoms with E-state index in [9.17, 15) is 13.8 Å². The Kier molecular flexibility index (Phi) is 7.60. The fourth-order valence-corrected chi connectivity index (χ4v) is 4.89. The molecule has 0 aliphatic rings. The van der Waals surface area contributed by atoms with Crippen LogP contribution in [0.25, 0.3) is 0 Å². The van der Waals surface area contributed by atoms with Crippen LogP contribution in [0.5, 0.6) is 0 Å². The first-order valence-electron chi connectivity index (χ1n) is 7.64. The Morgan fingerprint density at radius 3 is 2.44 bits per heavy atom. The Morgan fingerprint density at radius 2 is 2.00 bits per heavy atom. The molecule has 0 saturated carbocycles. The van der Waals surface area contributed by atoms with Crippen LogP contribution in [0.3, 0.4) is 0 Å². The molecule has 0 aliphatic heterocycles. The van der Waals surface area contributed by atoms with E-state index >= 15 is 0 Å². The highest BCUT2D eigenvalue weighted by molar-refractivity contribution is 9.11. The van der Waals surface area contributed by atoms with Crippen molar-refractivity contribution in [3.05, 3.63) is 15.9 Å². The van der Waals surface area contributed by atoms with Crippen molar-refractivity contribution in [2.24, 2.45) is 15.4 Å². The average Bonchev–Trinajstić information content (AvgIpc) is 2.82. The molecule has 2 atom stereocenters. The third-order valence-electron chi connectivity index (χ3n) is 2.76. The minimum atomic E-state index is -3.37. The quantitative estimate of drug-likeness (QED) is 0.707. The summed E-state index contributed by atoms with van der Waals surface area (Å²) in [6.45, 7) is 8.95. The zero-order valence-electron chi connectivity index (χ0n) is 14.9. The second-order valence-electron chi connectivity index (χ2n) is 6.89. The number of carbonyl (C=O) groups excluding carboxylic acids is 2. The molecule has 142 valence electrons. The van der Waals surface area contributed by atoms with Gasteiger partial charge in [-0.25, -0.2) is 14.1 Å². The maximum atomic E-state index is 12.6. The van der Waals surface area contributed by atoms with Crippen molar-refractivity contribution in [3.8, 4) is 0 Å². The van der Waals surface area contributed by atoms with Gasteiger partial charge >= 0.3 is 6.09 Å². The summed E-state index contributed by atoms with van der Waals surface area (Å²) >= 11 is 4.39. The molecule has 0 aliphatic carbocycles. The van der Waals surface area contributed by atoms with Gasteiger partial charge in [0.15, 0.2) is 9.92 Å². The van der Waals surface area contributed by atoms with Gasteiger partial charge < -0.3 is 10.1 Å². The van der Waals surface area contributed by atoms with E-state index < -0.39 is 33.6 Å². The molecule has 3 N–H and O–H groups in total. The lowest BCUT2D eigenvalue weighted by Gasteiger charge is -2.23. The second kappa shape index (κ2) is 8.61. The highest BCUT2D eigenvalue weighted by Crippen LogP contribution is 2.26. The number of hydrogen-bond acceptors (Lipinski definition) is 5. The minimum absolute atomic E-state index is 0.101. The van der Waals surface area contributed by atoms with Crippen molar-refractivity contribution in [1.82, 2.24) is 5.32 Å². The maximum absolute atomic E-state index is 12.6. The van der Waals surface area contributed by atoms with E-state index in [1.807, 2.05) is 13.8 Å². The van der Waals surface area contributed by atoms with E-state index in [0.29, 0.717) is 6.42 Å². The van der Waals surface area contributed by atoms with E-state index in [4.69, 9.17) is 9.88 Å². The van der Waals surface area contributed by atoms with E-state index in [1.165, 1.54) is 0 Å². The number of thiophene rings is 1. The third kappa shape index (κ3) is 7.85. The number of carbonyl (C=O) groups is 2. The van der Waals surface area contributed by atoms with E-state index in [1.54, 1.807) is 32.9 Å². The van der Waals surface area contributed by atoms with Crippen LogP contribution in [0.2, 0.25) is 0 Å². The van der Waals surface area contributed by atoms with Crippen molar-refractivity contribution in [1.29, 1.82) is 0 Å². The third-order valence-corrected chi connectivity index (χ3v) is 6.31. The summed E-state index contributed by atoms with van der Waals surface area (Å²) < 4.78 is 22.4. The standard InChI is InChI=1S/C15H24BrN3O4S2/c1-9(2)8-10(18-14(21)23-15(3,4)5)13(20)19-25(17,22)12-7-6-11(16)24-12/h6-7,9-10H,8H2,1-5H3,(H,18,21)(H2,17,19,20,22)/t10-,25?/m0/s1. The Balaban J connectivity index is 3.02. The van der Waals surface area contributed by atoms with Crippen molar-refractivity contribution in [3.63, 3.8) is 0 Å². The van der Waals surface area contributed by atoms with Crippen LogP contribution < -0.4 is 10.5 Å². The summed E-state index contributed by atoms with van der Waals surface area (Å²) in [6.07, 6.45) is -0.408. The predicted octanol–water partition coefficient (Wildman–Crippen LogP) is 3.68. The monoisotopic (exact) mass is 453 g/mol. The van der Waals surface area contributed by atoms with Gasteiger partial charge in [-0.15, -0.1) is 15.7 Å². The Hall–Kier alpha value is -0.970. The zero-order chi connectivity index (χ0) is 19.4. The number of nitrogens with zero attached hydrogens (tertiary/aromatic N) is 1. The van der Waals surface area contributed by atoms with Crippen LogP contribution in [0, 0.1) is 5.92 Å².